The fraction of sp³-hybridized carbons (Fsp3) is 0.333. The molecule has 2 N–H and O–H groups in total. The summed E-state index contributed by atoms with van der Waals surface area (Å²) in [5.41, 5.74) is 0.628. The van der Waals surface area contributed by atoms with E-state index in [4.69, 9.17) is 9.84 Å². The number of urea groups is 1. The van der Waals surface area contributed by atoms with E-state index >= 15 is 0 Å². The average molecular weight is 252 g/mol. The quantitative estimate of drug-likeness (QED) is 0.834. The summed E-state index contributed by atoms with van der Waals surface area (Å²) >= 11 is 0. The van der Waals surface area contributed by atoms with Crippen LogP contribution in [0.1, 0.15) is 6.92 Å². The molecule has 6 nitrogen and oxygen atoms in total. The van der Waals surface area contributed by atoms with Gasteiger partial charge < -0.3 is 20.1 Å². The van der Waals surface area contributed by atoms with Gasteiger partial charge in [-0.3, -0.25) is 0 Å². The molecule has 0 aliphatic heterocycles. The van der Waals surface area contributed by atoms with Crippen LogP contribution in [0.15, 0.2) is 24.3 Å². The number of anilines is 1. The van der Waals surface area contributed by atoms with Crippen LogP contribution in [0, 0.1) is 0 Å². The van der Waals surface area contributed by atoms with Gasteiger partial charge in [0.05, 0.1) is 0 Å². The van der Waals surface area contributed by atoms with E-state index in [-0.39, 0.29) is 12.6 Å². The van der Waals surface area contributed by atoms with Crippen molar-refractivity contribution in [3.8, 4) is 5.75 Å². The van der Waals surface area contributed by atoms with Crippen LogP contribution in [-0.2, 0) is 4.79 Å². The van der Waals surface area contributed by atoms with Gasteiger partial charge in [-0.2, -0.15) is 0 Å². The number of rotatable bonds is 5. The minimum absolute atomic E-state index is 0.197. The summed E-state index contributed by atoms with van der Waals surface area (Å²) in [6.07, 6.45) is 0. The first-order valence-electron chi connectivity index (χ1n) is 5.49. The molecule has 0 aliphatic carbocycles. The Morgan fingerprint density at radius 2 is 1.94 bits per heavy atom. The normalized spacial score (nSPS) is 9.67. The van der Waals surface area contributed by atoms with Gasteiger partial charge in [-0.1, -0.05) is 0 Å². The lowest BCUT2D eigenvalue weighted by atomic mass is 10.3. The highest BCUT2D eigenvalue weighted by Gasteiger charge is 2.06. The predicted molar refractivity (Wildman–Crippen MR) is 66.9 cm³/mol. The van der Waals surface area contributed by atoms with Gasteiger partial charge in [-0.25, -0.2) is 9.59 Å². The molecule has 0 atom stereocenters. The topological polar surface area (TPSA) is 78.9 Å². The number of carbonyl (C=O) groups is 2. The standard InChI is InChI=1S/C12H16N2O4/c1-3-14(2)12(17)13-9-4-6-10(7-5-9)18-8-11(15)16/h4-7H,3,8H2,1-2H3,(H,13,17)(H,15,16). The molecule has 0 unspecified atom stereocenters. The highest BCUT2D eigenvalue weighted by Crippen LogP contribution is 2.15. The van der Waals surface area contributed by atoms with Gasteiger partial charge in [0.2, 0.25) is 0 Å². The maximum atomic E-state index is 11.5. The van der Waals surface area contributed by atoms with Gasteiger partial charge >= 0.3 is 12.0 Å². The van der Waals surface area contributed by atoms with E-state index in [9.17, 15) is 9.59 Å². The maximum absolute atomic E-state index is 11.5. The molecular formula is C12H16N2O4. The van der Waals surface area contributed by atoms with Crippen LogP contribution in [-0.4, -0.2) is 42.2 Å². The van der Waals surface area contributed by atoms with Crippen molar-refractivity contribution in [3.63, 3.8) is 0 Å². The Kier molecular flexibility index (Phi) is 4.98. The number of carboxylic acid groups (broad SMARTS) is 1. The summed E-state index contributed by atoms with van der Waals surface area (Å²) in [6.45, 7) is 2.11. The van der Waals surface area contributed by atoms with Crippen molar-refractivity contribution in [1.82, 2.24) is 4.90 Å². The number of amides is 2. The zero-order valence-corrected chi connectivity index (χ0v) is 10.3. The smallest absolute Gasteiger partial charge is 0.341 e. The minimum Gasteiger partial charge on any atom is -0.482 e. The number of benzene rings is 1. The van der Waals surface area contributed by atoms with E-state index in [1.165, 1.54) is 4.90 Å². The lowest BCUT2D eigenvalue weighted by Gasteiger charge is -2.15. The lowest BCUT2D eigenvalue weighted by molar-refractivity contribution is -0.139. The van der Waals surface area contributed by atoms with Crippen LogP contribution in [0.5, 0.6) is 5.75 Å². The molecule has 1 rings (SSSR count). The summed E-state index contributed by atoms with van der Waals surface area (Å²) in [5.74, 6) is -0.587. The van der Waals surface area contributed by atoms with Crippen molar-refractivity contribution < 1.29 is 19.4 Å². The van der Waals surface area contributed by atoms with Crippen LogP contribution in [0.2, 0.25) is 0 Å². The van der Waals surface area contributed by atoms with Gasteiger partial charge in [0.1, 0.15) is 5.75 Å². The molecule has 0 aliphatic rings. The van der Waals surface area contributed by atoms with Crippen molar-refractivity contribution in [3.05, 3.63) is 24.3 Å². The number of hydrogen-bond acceptors (Lipinski definition) is 3. The SMILES string of the molecule is CCN(C)C(=O)Nc1ccc(OCC(=O)O)cc1. The van der Waals surface area contributed by atoms with Crippen molar-refractivity contribution in [2.75, 3.05) is 25.5 Å². The second kappa shape index (κ2) is 6.48. The molecule has 0 saturated carbocycles. The summed E-state index contributed by atoms with van der Waals surface area (Å²) in [5, 5.41) is 11.1. The fourth-order valence-electron chi connectivity index (χ4n) is 1.14. The molecule has 2 amide bonds. The van der Waals surface area contributed by atoms with Crippen molar-refractivity contribution in [2.45, 2.75) is 6.92 Å². The molecule has 1 aromatic rings. The number of aliphatic carboxylic acids is 1. The molecule has 0 radical (unpaired) electrons. The summed E-state index contributed by atoms with van der Waals surface area (Å²) in [7, 11) is 1.69. The van der Waals surface area contributed by atoms with Gasteiger partial charge in [-0.05, 0) is 31.2 Å². The van der Waals surface area contributed by atoms with Crippen molar-refractivity contribution in [2.24, 2.45) is 0 Å². The molecule has 6 heteroatoms. The summed E-state index contributed by atoms with van der Waals surface area (Å²) in [6, 6.07) is 6.31. The summed E-state index contributed by atoms with van der Waals surface area (Å²) < 4.78 is 4.97. The zero-order chi connectivity index (χ0) is 13.5. The predicted octanol–water partition coefficient (Wildman–Crippen LogP) is 1.63. The van der Waals surface area contributed by atoms with Crippen LogP contribution >= 0.6 is 0 Å². The van der Waals surface area contributed by atoms with Gasteiger partial charge in [-0.15, -0.1) is 0 Å². The molecule has 0 heterocycles. The first kappa shape index (κ1) is 13.8. The Morgan fingerprint density at radius 1 is 1.33 bits per heavy atom. The maximum Gasteiger partial charge on any atom is 0.341 e. The third-order valence-corrected chi connectivity index (χ3v) is 2.29. The molecule has 1 aromatic carbocycles. The second-order valence-corrected chi connectivity index (χ2v) is 3.65. The Hall–Kier alpha value is -2.24. The van der Waals surface area contributed by atoms with Crippen LogP contribution in [0.4, 0.5) is 10.5 Å². The van der Waals surface area contributed by atoms with Gasteiger partial charge in [0, 0.05) is 19.3 Å². The van der Waals surface area contributed by atoms with E-state index in [1.54, 1.807) is 31.3 Å². The molecular weight excluding hydrogens is 236 g/mol. The molecule has 18 heavy (non-hydrogen) atoms. The van der Waals surface area contributed by atoms with Crippen LogP contribution < -0.4 is 10.1 Å². The van der Waals surface area contributed by atoms with Crippen LogP contribution in [0.25, 0.3) is 0 Å². The number of carbonyl (C=O) groups excluding carboxylic acids is 1. The zero-order valence-electron chi connectivity index (χ0n) is 10.3. The molecule has 0 spiro atoms. The number of nitrogens with zero attached hydrogens (tertiary/aromatic N) is 1. The number of carboxylic acids is 1. The second-order valence-electron chi connectivity index (χ2n) is 3.65. The first-order valence-corrected chi connectivity index (χ1v) is 5.49. The highest BCUT2D eigenvalue weighted by molar-refractivity contribution is 5.89. The fourth-order valence-corrected chi connectivity index (χ4v) is 1.14. The minimum atomic E-state index is -1.03. The summed E-state index contributed by atoms with van der Waals surface area (Å²) in [4.78, 5) is 23.4. The Labute approximate surface area is 105 Å². The van der Waals surface area contributed by atoms with Gasteiger partial charge in [0.15, 0.2) is 6.61 Å². The van der Waals surface area contributed by atoms with E-state index in [0.717, 1.165) is 0 Å². The van der Waals surface area contributed by atoms with Crippen molar-refractivity contribution in [1.29, 1.82) is 0 Å². The number of ether oxygens (including phenoxy) is 1. The Bertz CT molecular complexity index is 417. The Balaban J connectivity index is 2.55. The average Bonchev–Trinajstić information content (AvgIpc) is 2.36. The lowest BCUT2D eigenvalue weighted by Crippen LogP contribution is -2.30. The van der Waals surface area contributed by atoms with E-state index in [1.807, 2.05) is 6.92 Å². The molecule has 0 aromatic heterocycles. The monoisotopic (exact) mass is 252 g/mol. The third kappa shape index (κ3) is 4.32. The Morgan fingerprint density at radius 3 is 2.44 bits per heavy atom. The molecule has 0 saturated heterocycles. The van der Waals surface area contributed by atoms with E-state index in [2.05, 4.69) is 5.32 Å². The number of nitrogens with one attached hydrogen (secondary N) is 1. The molecule has 0 fully saturated rings. The van der Waals surface area contributed by atoms with Crippen LogP contribution in [0.3, 0.4) is 0 Å². The number of hydrogen-bond donors (Lipinski definition) is 2. The van der Waals surface area contributed by atoms with E-state index < -0.39 is 5.97 Å². The third-order valence-electron chi connectivity index (χ3n) is 2.29. The van der Waals surface area contributed by atoms with E-state index in [0.29, 0.717) is 18.0 Å². The highest BCUT2D eigenvalue weighted by atomic mass is 16.5. The molecule has 98 valence electrons. The van der Waals surface area contributed by atoms with Gasteiger partial charge in [0.25, 0.3) is 0 Å². The molecule has 0 bridgehead atoms. The van der Waals surface area contributed by atoms with Crippen molar-refractivity contribution >= 4 is 17.7 Å². The first-order chi connectivity index (χ1) is 8.52. The largest absolute Gasteiger partial charge is 0.482 e.